The number of nitrogens with zero attached hydrogens (tertiary/aromatic N) is 1. The molecule has 0 saturated heterocycles. The molecule has 5 heteroatoms. The highest BCUT2D eigenvalue weighted by molar-refractivity contribution is 7.98. The molecular weight excluding hydrogens is 258 g/mol. The predicted octanol–water partition coefficient (Wildman–Crippen LogP) is 1.32. The van der Waals surface area contributed by atoms with E-state index in [4.69, 9.17) is 5.73 Å². The molecule has 1 amide bonds. The smallest absolute Gasteiger partial charge is 0.237 e. The van der Waals surface area contributed by atoms with Crippen LogP contribution in [0.1, 0.15) is 6.42 Å². The molecule has 19 heavy (non-hydrogen) atoms. The molecule has 0 radical (unpaired) electrons. The second-order valence-corrected chi connectivity index (χ2v) is 5.42. The fourth-order valence-electron chi connectivity index (χ4n) is 1.67. The Morgan fingerprint density at radius 1 is 1.42 bits per heavy atom. The minimum absolute atomic E-state index is 0.0597. The van der Waals surface area contributed by atoms with Crippen molar-refractivity contribution >= 4 is 23.4 Å². The number of nitrogens with one attached hydrogen (secondary N) is 1. The quantitative estimate of drug-likeness (QED) is 0.754. The SMILES string of the molecule is CSCC[C@H](N)C(=O)NCCN(C)c1ccccc1. The van der Waals surface area contributed by atoms with Gasteiger partial charge in [-0.2, -0.15) is 11.8 Å². The van der Waals surface area contributed by atoms with Crippen LogP contribution in [0.25, 0.3) is 0 Å². The lowest BCUT2D eigenvalue weighted by Gasteiger charge is -2.20. The van der Waals surface area contributed by atoms with Gasteiger partial charge in [0.2, 0.25) is 5.91 Å². The average Bonchev–Trinajstić information content (AvgIpc) is 2.45. The van der Waals surface area contributed by atoms with E-state index in [1.807, 2.05) is 43.6 Å². The first kappa shape index (κ1) is 15.9. The van der Waals surface area contributed by atoms with Gasteiger partial charge in [-0.15, -0.1) is 0 Å². The van der Waals surface area contributed by atoms with Crippen LogP contribution < -0.4 is 16.0 Å². The van der Waals surface area contributed by atoms with Crippen molar-refractivity contribution < 1.29 is 4.79 Å². The van der Waals surface area contributed by atoms with Gasteiger partial charge in [-0.1, -0.05) is 18.2 Å². The normalized spacial score (nSPS) is 11.9. The summed E-state index contributed by atoms with van der Waals surface area (Å²) in [7, 11) is 2.01. The first-order chi connectivity index (χ1) is 9.15. The zero-order valence-electron chi connectivity index (χ0n) is 11.6. The number of amides is 1. The molecule has 0 spiro atoms. The molecular formula is C14H23N3OS. The molecule has 0 heterocycles. The molecule has 0 aromatic heterocycles. The number of rotatable bonds is 8. The minimum Gasteiger partial charge on any atom is -0.373 e. The van der Waals surface area contributed by atoms with Crippen molar-refractivity contribution in [2.45, 2.75) is 12.5 Å². The fourth-order valence-corrected chi connectivity index (χ4v) is 2.16. The van der Waals surface area contributed by atoms with Crippen LogP contribution >= 0.6 is 11.8 Å². The highest BCUT2D eigenvalue weighted by Gasteiger charge is 2.12. The van der Waals surface area contributed by atoms with Crippen molar-refractivity contribution in [1.29, 1.82) is 0 Å². The molecule has 4 nitrogen and oxygen atoms in total. The Hall–Kier alpha value is -1.20. The lowest BCUT2D eigenvalue weighted by Crippen LogP contribution is -2.43. The summed E-state index contributed by atoms with van der Waals surface area (Å²) in [5, 5.41) is 2.88. The fraction of sp³-hybridized carbons (Fsp3) is 0.500. The number of para-hydroxylation sites is 1. The number of likely N-dealkylation sites (N-methyl/N-ethyl adjacent to an activating group) is 1. The second-order valence-electron chi connectivity index (χ2n) is 4.44. The van der Waals surface area contributed by atoms with Crippen LogP contribution in [0.2, 0.25) is 0 Å². The number of hydrogen-bond donors (Lipinski definition) is 2. The summed E-state index contributed by atoms with van der Waals surface area (Å²) in [4.78, 5) is 13.8. The lowest BCUT2D eigenvalue weighted by molar-refractivity contribution is -0.122. The van der Waals surface area contributed by atoms with Crippen LogP contribution in [-0.4, -0.2) is 44.1 Å². The Morgan fingerprint density at radius 3 is 2.74 bits per heavy atom. The van der Waals surface area contributed by atoms with E-state index in [1.54, 1.807) is 11.8 Å². The van der Waals surface area contributed by atoms with Crippen LogP contribution in [0, 0.1) is 0 Å². The topological polar surface area (TPSA) is 58.4 Å². The number of thioether (sulfide) groups is 1. The summed E-state index contributed by atoms with van der Waals surface area (Å²) in [6.07, 6.45) is 2.74. The minimum atomic E-state index is -0.394. The van der Waals surface area contributed by atoms with E-state index in [0.29, 0.717) is 6.54 Å². The van der Waals surface area contributed by atoms with E-state index in [-0.39, 0.29) is 5.91 Å². The van der Waals surface area contributed by atoms with Crippen molar-refractivity contribution in [2.24, 2.45) is 5.73 Å². The number of benzene rings is 1. The van der Waals surface area contributed by atoms with Crippen LogP contribution in [-0.2, 0) is 4.79 Å². The second kappa shape index (κ2) is 8.82. The van der Waals surface area contributed by atoms with Crippen molar-refractivity contribution in [3.8, 4) is 0 Å². The summed E-state index contributed by atoms with van der Waals surface area (Å²) in [5.41, 5.74) is 6.93. The van der Waals surface area contributed by atoms with Gasteiger partial charge < -0.3 is 16.0 Å². The Labute approximate surface area is 119 Å². The number of anilines is 1. The van der Waals surface area contributed by atoms with Gasteiger partial charge in [0.25, 0.3) is 0 Å². The van der Waals surface area contributed by atoms with E-state index in [9.17, 15) is 4.79 Å². The standard InChI is InChI=1S/C14H23N3OS/c1-17(12-6-4-3-5-7-12)10-9-16-14(18)13(15)8-11-19-2/h3-7,13H,8-11,15H2,1-2H3,(H,16,18)/t13-/m0/s1. The molecule has 1 aromatic rings. The third kappa shape index (κ3) is 5.98. The van der Waals surface area contributed by atoms with Gasteiger partial charge >= 0.3 is 0 Å². The molecule has 1 atom stereocenters. The molecule has 0 bridgehead atoms. The summed E-state index contributed by atoms with van der Waals surface area (Å²) in [5.74, 6) is 0.855. The van der Waals surface area contributed by atoms with E-state index in [0.717, 1.165) is 24.4 Å². The highest BCUT2D eigenvalue weighted by atomic mass is 32.2. The summed E-state index contributed by atoms with van der Waals surface area (Å²) < 4.78 is 0. The Balaban J connectivity index is 2.24. The van der Waals surface area contributed by atoms with Crippen LogP contribution in [0.5, 0.6) is 0 Å². The van der Waals surface area contributed by atoms with Crippen molar-refractivity contribution in [3.05, 3.63) is 30.3 Å². The molecule has 0 aliphatic carbocycles. The highest BCUT2D eigenvalue weighted by Crippen LogP contribution is 2.09. The van der Waals surface area contributed by atoms with Crippen LogP contribution in [0.15, 0.2) is 30.3 Å². The number of carbonyl (C=O) groups is 1. The van der Waals surface area contributed by atoms with E-state index in [1.165, 1.54) is 0 Å². The molecule has 0 fully saturated rings. The maximum Gasteiger partial charge on any atom is 0.237 e. The summed E-state index contributed by atoms with van der Waals surface area (Å²) in [6, 6.07) is 9.70. The molecule has 0 aliphatic heterocycles. The predicted molar refractivity (Wildman–Crippen MR) is 83.7 cm³/mol. The Kier molecular flexibility index (Phi) is 7.36. The van der Waals surface area contributed by atoms with Crippen molar-refractivity contribution in [1.82, 2.24) is 5.32 Å². The third-order valence-electron chi connectivity index (χ3n) is 2.91. The molecule has 3 N–H and O–H groups in total. The maximum atomic E-state index is 11.7. The molecule has 0 unspecified atom stereocenters. The first-order valence-electron chi connectivity index (χ1n) is 6.43. The van der Waals surface area contributed by atoms with Gasteiger partial charge in [-0.25, -0.2) is 0 Å². The number of carbonyl (C=O) groups excluding carboxylic acids is 1. The number of nitrogens with two attached hydrogens (primary N) is 1. The molecule has 106 valence electrons. The van der Waals surface area contributed by atoms with E-state index in [2.05, 4.69) is 10.2 Å². The van der Waals surface area contributed by atoms with E-state index >= 15 is 0 Å². The Bertz CT molecular complexity index is 372. The van der Waals surface area contributed by atoms with Gasteiger partial charge in [-0.3, -0.25) is 4.79 Å². The Morgan fingerprint density at radius 2 is 2.11 bits per heavy atom. The summed E-state index contributed by atoms with van der Waals surface area (Å²) >= 11 is 1.71. The maximum absolute atomic E-state index is 11.7. The van der Waals surface area contributed by atoms with Crippen molar-refractivity contribution in [3.63, 3.8) is 0 Å². The molecule has 0 aliphatic rings. The molecule has 1 rings (SSSR count). The van der Waals surface area contributed by atoms with Gasteiger partial charge in [0.15, 0.2) is 0 Å². The molecule has 1 aromatic carbocycles. The van der Waals surface area contributed by atoms with E-state index < -0.39 is 6.04 Å². The largest absolute Gasteiger partial charge is 0.373 e. The average molecular weight is 281 g/mol. The van der Waals surface area contributed by atoms with Gasteiger partial charge in [0.05, 0.1) is 6.04 Å². The van der Waals surface area contributed by atoms with Crippen LogP contribution in [0.3, 0.4) is 0 Å². The summed E-state index contributed by atoms with van der Waals surface area (Å²) in [6.45, 7) is 1.38. The molecule has 0 saturated carbocycles. The zero-order chi connectivity index (χ0) is 14.1. The zero-order valence-corrected chi connectivity index (χ0v) is 12.5. The monoisotopic (exact) mass is 281 g/mol. The number of hydrogen-bond acceptors (Lipinski definition) is 4. The third-order valence-corrected chi connectivity index (χ3v) is 3.56. The first-order valence-corrected chi connectivity index (χ1v) is 7.83. The van der Waals surface area contributed by atoms with Crippen molar-refractivity contribution in [2.75, 3.05) is 37.0 Å². The van der Waals surface area contributed by atoms with Gasteiger partial charge in [-0.05, 0) is 30.6 Å². The van der Waals surface area contributed by atoms with Crippen LogP contribution in [0.4, 0.5) is 5.69 Å². The van der Waals surface area contributed by atoms with Gasteiger partial charge in [0, 0.05) is 25.8 Å². The van der Waals surface area contributed by atoms with Gasteiger partial charge in [0.1, 0.15) is 0 Å². The lowest BCUT2D eigenvalue weighted by atomic mass is 10.2.